The van der Waals surface area contributed by atoms with Crippen LogP contribution in [0.25, 0.3) is 105 Å². The molecule has 1 aromatic heterocycles. The average molecular weight is 1520 g/mol. The van der Waals surface area contributed by atoms with Crippen LogP contribution in [0.15, 0.2) is 297 Å². The molecule has 0 spiro atoms. The summed E-state index contributed by atoms with van der Waals surface area (Å²) in [5.41, 5.74) is 29.7. The molecule has 0 amide bonds. The van der Waals surface area contributed by atoms with Crippen LogP contribution < -0.4 is 26.2 Å². The highest BCUT2D eigenvalue weighted by Crippen LogP contribution is 2.57. The smallest absolute Gasteiger partial charge is 0.252 e. The van der Waals surface area contributed by atoms with Gasteiger partial charge in [0.2, 0.25) is 0 Å². The predicted molar refractivity (Wildman–Crippen MR) is 504 cm³/mol. The molecular formula is C112H112BN3. The number of para-hydroxylation sites is 2. The van der Waals surface area contributed by atoms with E-state index in [1.165, 1.54) is 16.7 Å². The molecule has 578 valence electrons. The first-order valence-electron chi connectivity index (χ1n) is 45.4. The summed E-state index contributed by atoms with van der Waals surface area (Å²) in [4.78, 5) is 5.21. The second-order valence-corrected chi connectivity index (χ2v) is 39.8. The summed E-state index contributed by atoms with van der Waals surface area (Å²) in [5, 5.41) is 0.0222. The summed E-state index contributed by atoms with van der Waals surface area (Å²) >= 11 is 0. The van der Waals surface area contributed by atoms with Crippen molar-refractivity contribution in [3.8, 4) is 83.6 Å². The number of hydrogen-bond acceptors (Lipinski definition) is 2. The Kier molecular flexibility index (Phi) is 16.5. The van der Waals surface area contributed by atoms with Gasteiger partial charge >= 0.3 is 0 Å². The molecule has 0 saturated carbocycles. The normalized spacial score (nSPS) is 14.3. The molecule has 0 atom stereocenters. The molecule has 0 fully saturated rings. The van der Waals surface area contributed by atoms with Crippen molar-refractivity contribution in [2.45, 2.75) is 183 Å². The third-order valence-electron chi connectivity index (χ3n) is 24.2. The molecule has 0 saturated heterocycles. The average Bonchev–Trinajstić information content (AvgIpc) is 1.30. The fourth-order valence-corrected chi connectivity index (χ4v) is 17.4. The minimum Gasteiger partial charge on any atom is -0.310 e. The highest BCUT2D eigenvalue weighted by molar-refractivity contribution is 7.00. The molecule has 116 heavy (non-hydrogen) atoms. The van der Waals surface area contributed by atoms with Crippen molar-refractivity contribution in [1.82, 2.24) is 4.57 Å². The van der Waals surface area contributed by atoms with Gasteiger partial charge in [-0.3, -0.25) is 0 Å². The lowest BCUT2D eigenvalue weighted by molar-refractivity contribution is 0.589. The van der Waals surface area contributed by atoms with Crippen molar-refractivity contribution in [2.24, 2.45) is 0 Å². The minimum absolute atomic E-state index is 0.0111. The summed E-state index contributed by atoms with van der Waals surface area (Å²) in [7, 11) is 0. The maximum atomic E-state index is 10.1. The van der Waals surface area contributed by atoms with Gasteiger partial charge in [0.1, 0.15) is 0 Å². The van der Waals surface area contributed by atoms with Crippen LogP contribution in [0, 0.1) is 0 Å². The number of fused-ring (bicyclic) bond motifs is 7. The lowest BCUT2D eigenvalue weighted by Crippen LogP contribution is -2.61. The lowest BCUT2D eigenvalue weighted by Gasteiger charge is -2.47. The molecule has 14 aromatic carbocycles. The molecule has 2 aliphatic rings. The maximum absolute atomic E-state index is 10.1. The van der Waals surface area contributed by atoms with Crippen molar-refractivity contribution >= 4 is 79.0 Å². The van der Waals surface area contributed by atoms with Crippen molar-refractivity contribution in [3.63, 3.8) is 0 Å². The van der Waals surface area contributed by atoms with Crippen molar-refractivity contribution in [2.75, 3.05) is 9.80 Å². The molecule has 3 heterocycles. The van der Waals surface area contributed by atoms with Crippen LogP contribution in [0.2, 0.25) is 0 Å². The Labute approximate surface area is 703 Å². The van der Waals surface area contributed by atoms with Crippen LogP contribution in [0.5, 0.6) is 0 Å². The molecular weight excluding hydrogens is 1400 g/mol. The topological polar surface area (TPSA) is 11.4 Å². The second kappa shape index (κ2) is 28.2. The van der Waals surface area contributed by atoms with Gasteiger partial charge in [-0.2, -0.15) is 0 Å². The quantitative estimate of drug-likeness (QED) is 0.126. The van der Waals surface area contributed by atoms with Crippen molar-refractivity contribution in [3.05, 3.63) is 336 Å². The molecule has 0 radical (unpaired) electrons. The first kappa shape index (κ1) is 67.8. The third kappa shape index (κ3) is 14.0. The molecule has 0 aliphatic carbocycles. The second-order valence-electron chi connectivity index (χ2n) is 39.8. The van der Waals surface area contributed by atoms with Gasteiger partial charge in [0, 0.05) is 61.5 Å². The van der Waals surface area contributed by atoms with E-state index in [0.29, 0.717) is 5.69 Å². The minimum atomic E-state index is -0.542. The van der Waals surface area contributed by atoms with E-state index >= 15 is 0 Å². The van der Waals surface area contributed by atoms with Gasteiger partial charge in [0.25, 0.3) is 6.71 Å². The fraction of sp³-hybridized carbons (Fsp3) is 0.250. The Morgan fingerprint density at radius 3 is 1.00 bits per heavy atom. The maximum Gasteiger partial charge on any atom is 0.252 e. The standard InChI is InChI=1S/C112H112BN3/c1-106(2,3)81-45-35-43-75(57-81)91-64-85(110(13,14)15)66-93(79-55-77(72-39-27-23-28-40-72)59-83(61-79)108(7,8)9)104(91)115-99-54-51-74(71-37-25-22-26-38-71)63-96(99)113-95-53-52-88(114-97-49-33-31-47-89(97)90-48-32-34-50-98(90)114)70-100(95)116(102-69-87(112(19,20)21)68-101(115)103(102)113)105-92(76-44-36-46-82(58-76)107(4,5)6)65-86(111(16,17)18)67-94(105)80-56-78(73-41-29-24-30-42-73)60-84(62-80)109(10,11)12/h22-70H,1-21H3/i31D,32D,33D,34D,47D,48D,49D,50D. The van der Waals surface area contributed by atoms with E-state index in [-0.39, 0.29) is 61.0 Å². The number of rotatable bonds is 10. The Hall–Kier alpha value is -11.5. The Morgan fingerprint density at radius 1 is 0.241 bits per heavy atom. The van der Waals surface area contributed by atoms with Gasteiger partial charge in [-0.1, -0.05) is 364 Å². The van der Waals surface area contributed by atoms with Crippen LogP contribution in [-0.2, 0) is 37.9 Å². The van der Waals surface area contributed by atoms with Crippen LogP contribution in [0.3, 0.4) is 0 Å². The first-order chi connectivity index (χ1) is 58.3. The largest absolute Gasteiger partial charge is 0.310 e. The van der Waals surface area contributed by atoms with Crippen LogP contribution >= 0.6 is 0 Å². The molecule has 0 bridgehead atoms. The Morgan fingerprint density at radius 2 is 0.586 bits per heavy atom. The summed E-state index contributed by atoms with van der Waals surface area (Å²) in [6.07, 6.45) is 0. The van der Waals surface area contributed by atoms with E-state index in [4.69, 9.17) is 0 Å². The van der Waals surface area contributed by atoms with E-state index < -0.39 is 53.8 Å². The number of aromatic nitrogens is 1. The molecule has 17 rings (SSSR count). The highest BCUT2D eigenvalue weighted by Gasteiger charge is 2.47. The number of benzene rings is 14. The van der Waals surface area contributed by atoms with E-state index in [1.807, 2.05) is 6.07 Å². The first-order valence-corrected chi connectivity index (χ1v) is 41.4. The van der Waals surface area contributed by atoms with E-state index in [2.05, 4.69) is 398 Å². The van der Waals surface area contributed by atoms with E-state index in [1.54, 1.807) is 4.57 Å². The molecule has 2 aliphatic heterocycles. The molecule has 0 N–H and O–H groups in total. The SMILES string of the molecule is [2H]c1c([2H])c([2H])c2c(c1[2H])c1c([2H])c([2H])c([2H])c([2H])c1n2-c1ccc2c(c1)N(c1c(-c3cccc(C(C)(C)C)c3)cc(C(C)(C)C)cc1-c1cc(-c3ccccc3)cc(C(C)(C)C)c1)c1cc(C(C)(C)C)cc3c1B2c1cc(-c2ccccc2)ccc1N3c1c(-c2cccc(C(C)(C)C)c2)cc(C(C)(C)C)cc1-c1cc(-c2ccccc2)cc(C(C)(C)C)c1. The zero-order valence-electron chi connectivity index (χ0n) is 79.6. The Bertz CT molecular complexity index is 6790. The highest BCUT2D eigenvalue weighted by atomic mass is 15.2. The van der Waals surface area contributed by atoms with Crippen LogP contribution in [0.1, 0.15) is 195 Å². The number of hydrogen-bond donors (Lipinski definition) is 0. The number of nitrogens with zero attached hydrogens (tertiary/aromatic N) is 3. The third-order valence-corrected chi connectivity index (χ3v) is 24.2. The molecule has 15 aromatic rings. The predicted octanol–water partition coefficient (Wildman–Crippen LogP) is 29.6. The molecule has 3 nitrogen and oxygen atoms in total. The zero-order valence-corrected chi connectivity index (χ0v) is 71.6. The van der Waals surface area contributed by atoms with Crippen LogP contribution in [0.4, 0.5) is 34.1 Å². The monoisotopic (exact) mass is 1520 g/mol. The van der Waals surface area contributed by atoms with Crippen molar-refractivity contribution < 1.29 is 11.0 Å². The molecule has 0 unspecified atom stereocenters. The van der Waals surface area contributed by atoms with Crippen LogP contribution in [-0.4, -0.2) is 11.3 Å². The number of anilines is 6. The van der Waals surface area contributed by atoms with Crippen molar-refractivity contribution in [1.29, 1.82) is 0 Å². The van der Waals surface area contributed by atoms with Gasteiger partial charge in [-0.05, 0) is 228 Å². The van der Waals surface area contributed by atoms with E-state index in [0.717, 1.165) is 151 Å². The summed E-state index contributed by atoms with van der Waals surface area (Å²) in [5.74, 6) is 0. The lowest BCUT2D eigenvalue weighted by atomic mass is 9.33. The van der Waals surface area contributed by atoms with Gasteiger partial charge in [-0.25, -0.2) is 0 Å². The van der Waals surface area contributed by atoms with Gasteiger partial charge in [0.05, 0.1) is 33.4 Å². The molecule has 4 heteroatoms. The summed E-state index contributed by atoms with van der Waals surface area (Å²) in [6.45, 7) is 48.0. The summed E-state index contributed by atoms with van der Waals surface area (Å²) in [6, 6.07) is 89.9. The summed E-state index contributed by atoms with van der Waals surface area (Å²) < 4.78 is 78.9. The van der Waals surface area contributed by atoms with E-state index in [9.17, 15) is 11.0 Å². The Balaban J connectivity index is 1.13. The zero-order chi connectivity index (χ0) is 88.6. The fourth-order valence-electron chi connectivity index (χ4n) is 17.4. The van der Waals surface area contributed by atoms with Gasteiger partial charge < -0.3 is 14.4 Å². The van der Waals surface area contributed by atoms with Gasteiger partial charge in [0.15, 0.2) is 0 Å². The van der Waals surface area contributed by atoms with Gasteiger partial charge in [-0.15, -0.1) is 0 Å².